The maximum absolute atomic E-state index is 12.5. The lowest BCUT2D eigenvalue weighted by molar-refractivity contribution is 0.214. The Morgan fingerprint density at radius 2 is 1.89 bits per heavy atom. The molecule has 2 atom stereocenters. The van der Waals surface area contributed by atoms with Crippen molar-refractivity contribution >= 4 is 27.6 Å². The van der Waals surface area contributed by atoms with Crippen molar-refractivity contribution in [1.82, 2.24) is 9.80 Å². The lowest BCUT2D eigenvalue weighted by Crippen LogP contribution is -2.37. The van der Waals surface area contributed by atoms with Crippen molar-refractivity contribution in [3.8, 4) is 0 Å². The fourth-order valence-electron chi connectivity index (χ4n) is 2.95. The number of nitrogens with zero attached hydrogens (tertiary/aromatic N) is 3. The molecule has 0 spiro atoms. The van der Waals surface area contributed by atoms with E-state index >= 15 is 0 Å². The van der Waals surface area contributed by atoms with Crippen LogP contribution in [-0.2, 0) is 0 Å². The third-order valence-electron chi connectivity index (χ3n) is 4.13. The summed E-state index contributed by atoms with van der Waals surface area (Å²) < 4.78 is 1.04. The summed E-state index contributed by atoms with van der Waals surface area (Å²) in [6.07, 6.45) is 1.08. The van der Waals surface area contributed by atoms with E-state index in [2.05, 4.69) is 34.9 Å². The van der Waals surface area contributed by atoms with E-state index in [4.69, 9.17) is 0 Å². The molecule has 0 aliphatic carbocycles. The van der Waals surface area contributed by atoms with E-state index in [-0.39, 0.29) is 6.03 Å². The van der Waals surface area contributed by atoms with E-state index in [0.29, 0.717) is 12.1 Å². The number of urea groups is 1. The van der Waals surface area contributed by atoms with Gasteiger partial charge in [0.15, 0.2) is 0 Å². The maximum atomic E-state index is 12.5. The lowest BCUT2D eigenvalue weighted by atomic mass is 10.1. The average Bonchev–Trinajstić information content (AvgIpc) is 2.91. The fraction of sp³-hybridized carbons (Fsp3) is 0.500. The fourth-order valence-corrected chi connectivity index (χ4v) is 3.22. The van der Waals surface area contributed by atoms with Crippen LogP contribution < -0.4 is 4.90 Å². The Kier molecular flexibility index (Phi) is 3.27. The molecule has 2 fully saturated rings. The van der Waals surface area contributed by atoms with E-state index in [1.54, 1.807) is 0 Å². The van der Waals surface area contributed by atoms with Crippen LogP contribution in [0, 0.1) is 0 Å². The van der Waals surface area contributed by atoms with Crippen LogP contribution in [0.1, 0.15) is 6.42 Å². The van der Waals surface area contributed by atoms with Crippen LogP contribution in [0.25, 0.3) is 0 Å². The maximum Gasteiger partial charge on any atom is 0.324 e. The van der Waals surface area contributed by atoms with Crippen LogP contribution in [0.15, 0.2) is 28.7 Å². The first kappa shape index (κ1) is 12.9. The summed E-state index contributed by atoms with van der Waals surface area (Å²) in [7, 11) is 4.17. The molecule has 1 aromatic carbocycles. The summed E-state index contributed by atoms with van der Waals surface area (Å²) >= 11 is 3.42. The largest absolute Gasteiger partial charge is 0.324 e. The molecule has 1 aromatic rings. The molecule has 19 heavy (non-hydrogen) atoms. The first-order chi connectivity index (χ1) is 9.06. The molecule has 2 aliphatic heterocycles. The van der Waals surface area contributed by atoms with Gasteiger partial charge >= 0.3 is 6.03 Å². The number of anilines is 1. The van der Waals surface area contributed by atoms with Gasteiger partial charge in [-0.2, -0.15) is 0 Å². The molecule has 3 rings (SSSR count). The first-order valence-corrected chi connectivity index (χ1v) is 7.35. The van der Waals surface area contributed by atoms with Gasteiger partial charge in [0.25, 0.3) is 0 Å². The number of carbonyl (C=O) groups excluding carboxylic acids is 1. The van der Waals surface area contributed by atoms with E-state index in [9.17, 15) is 4.79 Å². The number of hydrogen-bond donors (Lipinski definition) is 0. The van der Waals surface area contributed by atoms with Crippen molar-refractivity contribution in [2.45, 2.75) is 18.5 Å². The Labute approximate surface area is 122 Å². The Morgan fingerprint density at radius 1 is 1.21 bits per heavy atom. The highest BCUT2D eigenvalue weighted by Gasteiger charge is 2.44. The van der Waals surface area contributed by atoms with E-state index < -0.39 is 0 Å². The Morgan fingerprint density at radius 3 is 2.47 bits per heavy atom. The second kappa shape index (κ2) is 4.80. The second-order valence-electron chi connectivity index (χ2n) is 5.53. The number of amides is 2. The highest BCUT2D eigenvalue weighted by Crippen LogP contribution is 2.31. The molecule has 2 heterocycles. The summed E-state index contributed by atoms with van der Waals surface area (Å²) in [5.41, 5.74) is 0.990. The highest BCUT2D eigenvalue weighted by molar-refractivity contribution is 9.10. The van der Waals surface area contributed by atoms with Crippen LogP contribution in [-0.4, -0.2) is 55.1 Å². The van der Waals surface area contributed by atoms with Crippen LogP contribution in [0.5, 0.6) is 0 Å². The molecule has 0 bridgehead atoms. The number of likely N-dealkylation sites (N-methyl/N-ethyl adjacent to an activating group) is 1. The monoisotopic (exact) mass is 323 g/mol. The van der Waals surface area contributed by atoms with Crippen molar-refractivity contribution in [3.63, 3.8) is 0 Å². The minimum Gasteiger partial charge on any atom is -0.318 e. The smallest absolute Gasteiger partial charge is 0.318 e. The van der Waals surface area contributed by atoms with Gasteiger partial charge in [-0.05, 0) is 44.8 Å². The van der Waals surface area contributed by atoms with Gasteiger partial charge in [0.05, 0.1) is 6.04 Å². The summed E-state index contributed by atoms with van der Waals surface area (Å²) in [5, 5.41) is 0. The van der Waals surface area contributed by atoms with Crippen molar-refractivity contribution in [2.24, 2.45) is 0 Å². The van der Waals surface area contributed by atoms with Crippen molar-refractivity contribution in [1.29, 1.82) is 0 Å². The topological polar surface area (TPSA) is 26.8 Å². The van der Waals surface area contributed by atoms with Crippen molar-refractivity contribution in [2.75, 3.05) is 32.1 Å². The van der Waals surface area contributed by atoms with Crippen LogP contribution in [0.3, 0.4) is 0 Å². The van der Waals surface area contributed by atoms with Gasteiger partial charge in [-0.25, -0.2) is 4.79 Å². The molecular weight excluding hydrogens is 306 g/mol. The molecule has 2 amide bonds. The summed E-state index contributed by atoms with van der Waals surface area (Å²) in [4.78, 5) is 18.6. The molecule has 4 nitrogen and oxygen atoms in total. The second-order valence-corrected chi connectivity index (χ2v) is 6.44. The molecule has 2 aliphatic rings. The van der Waals surface area contributed by atoms with Gasteiger partial charge in [-0.1, -0.05) is 15.9 Å². The number of fused-ring (bicyclic) bond motifs is 1. The van der Waals surface area contributed by atoms with E-state index in [1.807, 2.05) is 34.1 Å². The SMILES string of the molecule is CN(C)[C@@H]1C[C@H]2CN(c3ccc(Br)cc3)C(=O)N2C1. The number of rotatable bonds is 2. The molecule has 2 saturated heterocycles. The number of halogens is 1. The molecule has 102 valence electrons. The average molecular weight is 324 g/mol. The predicted molar refractivity (Wildman–Crippen MR) is 79.5 cm³/mol. The van der Waals surface area contributed by atoms with Gasteiger partial charge in [0.2, 0.25) is 0 Å². The zero-order chi connectivity index (χ0) is 13.6. The third kappa shape index (κ3) is 2.25. The normalized spacial score (nSPS) is 26.4. The molecule has 0 aromatic heterocycles. The van der Waals surface area contributed by atoms with Gasteiger partial charge in [0.1, 0.15) is 0 Å². The quantitative estimate of drug-likeness (QED) is 0.835. The van der Waals surface area contributed by atoms with E-state index in [0.717, 1.165) is 29.7 Å². The first-order valence-electron chi connectivity index (χ1n) is 6.56. The molecule has 0 saturated carbocycles. The van der Waals surface area contributed by atoms with Gasteiger partial charge in [0, 0.05) is 29.3 Å². The Hall–Kier alpha value is -1.07. The Balaban J connectivity index is 1.76. The standard InChI is InChI=1S/C14H18BrN3O/c1-16(2)12-7-13-9-17(14(19)18(13)8-12)11-5-3-10(15)4-6-11/h3-6,12-13H,7-9H2,1-2H3/t12-,13+/m1/s1. The van der Waals surface area contributed by atoms with Crippen LogP contribution >= 0.6 is 15.9 Å². The summed E-state index contributed by atoms with van der Waals surface area (Å²) in [5.74, 6) is 0. The third-order valence-corrected chi connectivity index (χ3v) is 4.66. The zero-order valence-corrected chi connectivity index (χ0v) is 12.8. The molecule has 5 heteroatoms. The molecule has 0 unspecified atom stereocenters. The molecule has 0 N–H and O–H groups in total. The Bertz CT molecular complexity index is 488. The lowest BCUT2D eigenvalue weighted by Gasteiger charge is -2.22. The molecular formula is C14H18BrN3O. The van der Waals surface area contributed by atoms with Gasteiger partial charge < -0.3 is 9.80 Å². The van der Waals surface area contributed by atoms with Crippen molar-refractivity contribution < 1.29 is 4.79 Å². The highest BCUT2D eigenvalue weighted by atomic mass is 79.9. The summed E-state index contributed by atoms with van der Waals surface area (Å²) in [6, 6.07) is 8.96. The van der Waals surface area contributed by atoms with Gasteiger partial charge in [-0.15, -0.1) is 0 Å². The van der Waals surface area contributed by atoms with E-state index in [1.165, 1.54) is 0 Å². The minimum atomic E-state index is 0.150. The molecule has 0 radical (unpaired) electrons. The predicted octanol–water partition coefficient (Wildman–Crippen LogP) is 2.39. The van der Waals surface area contributed by atoms with Crippen LogP contribution in [0.2, 0.25) is 0 Å². The van der Waals surface area contributed by atoms with Gasteiger partial charge in [-0.3, -0.25) is 4.90 Å². The number of benzene rings is 1. The van der Waals surface area contributed by atoms with Crippen molar-refractivity contribution in [3.05, 3.63) is 28.7 Å². The minimum absolute atomic E-state index is 0.150. The number of carbonyl (C=O) groups is 1. The number of hydrogen-bond acceptors (Lipinski definition) is 2. The van der Waals surface area contributed by atoms with Crippen LogP contribution in [0.4, 0.5) is 10.5 Å². The zero-order valence-electron chi connectivity index (χ0n) is 11.2. The summed E-state index contributed by atoms with van der Waals surface area (Å²) in [6.45, 7) is 1.66.